The minimum atomic E-state index is -3.04. The molecule has 1 rings (SSSR count). The molecular formula is C9H21ClN2O2S. The summed E-state index contributed by atoms with van der Waals surface area (Å²) in [6.45, 7) is 5.76. The Balaban J connectivity index is 0.00000196. The molecule has 0 radical (unpaired) electrons. The number of nitrogens with one attached hydrogen (secondary N) is 2. The molecule has 4 nitrogen and oxygen atoms in total. The van der Waals surface area contributed by atoms with E-state index < -0.39 is 10.0 Å². The van der Waals surface area contributed by atoms with Crippen LogP contribution in [0.15, 0.2) is 0 Å². The van der Waals surface area contributed by atoms with Gasteiger partial charge in [-0.3, -0.25) is 0 Å². The molecule has 92 valence electrons. The second-order valence-corrected chi connectivity index (χ2v) is 5.89. The molecule has 0 amide bonds. The first-order chi connectivity index (χ1) is 6.55. The van der Waals surface area contributed by atoms with Crippen LogP contribution in [0.5, 0.6) is 0 Å². The first kappa shape index (κ1) is 15.2. The van der Waals surface area contributed by atoms with Gasteiger partial charge in [0.15, 0.2) is 0 Å². The van der Waals surface area contributed by atoms with Crippen molar-refractivity contribution in [2.45, 2.75) is 32.7 Å². The average molecular weight is 257 g/mol. The summed E-state index contributed by atoms with van der Waals surface area (Å²) < 4.78 is 25.8. The van der Waals surface area contributed by atoms with E-state index in [1.807, 2.05) is 6.92 Å². The Morgan fingerprint density at radius 2 is 2.13 bits per heavy atom. The molecule has 0 aromatic rings. The van der Waals surface area contributed by atoms with Crippen LogP contribution in [0.4, 0.5) is 0 Å². The molecule has 15 heavy (non-hydrogen) atoms. The molecule has 0 spiro atoms. The minimum absolute atomic E-state index is 0. The van der Waals surface area contributed by atoms with Crippen LogP contribution in [0, 0.1) is 5.92 Å². The molecule has 0 bridgehead atoms. The van der Waals surface area contributed by atoms with Crippen LogP contribution >= 0.6 is 12.4 Å². The van der Waals surface area contributed by atoms with Gasteiger partial charge in [0.05, 0.1) is 5.75 Å². The predicted octanol–water partition coefficient (Wildman–Crippen LogP) is 0.736. The van der Waals surface area contributed by atoms with Gasteiger partial charge >= 0.3 is 0 Å². The lowest BCUT2D eigenvalue weighted by Crippen LogP contribution is -2.48. The second-order valence-electron chi connectivity index (χ2n) is 4.01. The highest BCUT2D eigenvalue weighted by Gasteiger charge is 2.24. The third-order valence-corrected chi connectivity index (χ3v) is 4.20. The lowest BCUT2D eigenvalue weighted by molar-refractivity contribution is 0.328. The topological polar surface area (TPSA) is 58.2 Å². The molecule has 2 atom stereocenters. The van der Waals surface area contributed by atoms with Gasteiger partial charge < -0.3 is 5.32 Å². The van der Waals surface area contributed by atoms with Crippen molar-refractivity contribution in [2.75, 3.05) is 18.8 Å². The molecule has 2 N–H and O–H groups in total. The summed E-state index contributed by atoms with van der Waals surface area (Å²) >= 11 is 0. The van der Waals surface area contributed by atoms with E-state index in [9.17, 15) is 8.42 Å². The fourth-order valence-electron chi connectivity index (χ4n) is 1.75. The number of hydrogen-bond acceptors (Lipinski definition) is 3. The molecule has 6 heteroatoms. The quantitative estimate of drug-likeness (QED) is 0.780. The van der Waals surface area contributed by atoms with E-state index >= 15 is 0 Å². The van der Waals surface area contributed by atoms with E-state index in [4.69, 9.17) is 0 Å². The van der Waals surface area contributed by atoms with Crippen LogP contribution in [-0.2, 0) is 10.0 Å². The van der Waals surface area contributed by atoms with Gasteiger partial charge in [-0.15, -0.1) is 12.4 Å². The Kier molecular flexibility index (Phi) is 6.75. The molecule has 1 heterocycles. The van der Waals surface area contributed by atoms with Gasteiger partial charge in [0.2, 0.25) is 10.0 Å². The van der Waals surface area contributed by atoms with Crippen LogP contribution < -0.4 is 10.0 Å². The highest BCUT2D eigenvalue weighted by Crippen LogP contribution is 2.11. The lowest BCUT2D eigenvalue weighted by atomic mass is 9.97. The number of sulfonamides is 1. The van der Waals surface area contributed by atoms with Crippen LogP contribution in [0.3, 0.4) is 0 Å². The Hall–Kier alpha value is 0.160. The first-order valence-electron chi connectivity index (χ1n) is 5.26. The zero-order chi connectivity index (χ0) is 10.6. The second kappa shape index (κ2) is 6.68. The summed E-state index contributed by atoms with van der Waals surface area (Å²) in [5.74, 6) is 0.624. The summed E-state index contributed by atoms with van der Waals surface area (Å²) in [5.41, 5.74) is 0. The van der Waals surface area contributed by atoms with E-state index in [0.717, 1.165) is 19.5 Å². The molecule has 1 saturated heterocycles. The standard InChI is InChI=1S/C9H20N2O2S.ClH/c1-3-6-14(12,13)11-9-4-5-10-7-8(9)2;/h8-11H,3-7H2,1-2H3;1H. The van der Waals surface area contributed by atoms with Gasteiger partial charge in [-0.1, -0.05) is 13.8 Å². The monoisotopic (exact) mass is 256 g/mol. The maximum absolute atomic E-state index is 11.5. The first-order valence-corrected chi connectivity index (χ1v) is 6.91. The van der Waals surface area contributed by atoms with Crippen LogP contribution in [-0.4, -0.2) is 33.3 Å². The average Bonchev–Trinajstić information content (AvgIpc) is 2.08. The summed E-state index contributed by atoms with van der Waals surface area (Å²) in [5, 5.41) is 3.25. The van der Waals surface area contributed by atoms with Crippen molar-refractivity contribution in [3.05, 3.63) is 0 Å². The Morgan fingerprint density at radius 3 is 2.67 bits per heavy atom. The van der Waals surface area contributed by atoms with Gasteiger partial charge in [-0.2, -0.15) is 0 Å². The highest BCUT2D eigenvalue weighted by molar-refractivity contribution is 7.89. The highest BCUT2D eigenvalue weighted by atomic mass is 35.5. The molecule has 0 aromatic carbocycles. The van der Waals surface area contributed by atoms with Gasteiger partial charge in [0.1, 0.15) is 0 Å². The summed E-state index contributed by atoms with van der Waals surface area (Å²) in [4.78, 5) is 0. The summed E-state index contributed by atoms with van der Waals surface area (Å²) in [6, 6.07) is 0.118. The normalized spacial score (nSPS) is 27.1. The van der Waals surface area contributed by atoms with Crippen LogP contribution in [0.2, 0.25) is 0 Å². The largest absolute Gasteiger partial charge is 0.316 e. The van der Waals surface area contributed by atoms with E-state index in [1.54, 1.807) is 0 Å². The van der Waals surface area contributed by atoms with Gasteiger partial charge in [0, 0.05) is 6.04 Å². The van der Waals surface area contributed by atoms with Crippen molar-refractivity contribution in [2.24, 2.45) is 5.92 Å². The molecule has 0 aromatic heterocycles. The molecule has 1 aliphatic heterocycles. The Morgan fingerprint density at radius 1 is 1.47 bits per heavy atom. The van der Waals surface area contributed by atoms with E-state index in [2.05, 4.69) is 17.0 Å². The fraction of sp³-hybridized carbons (Fsp3) is 1.00. The number of rotatable bonds is 4. The maximum Gasteiger partial charge on any atom is 0.211 e. The molecule has 1 fully saturated rings. The van der Waals surface area contributed by atoms with Crippen molar-refractivity contribution >= 4 is 22.4 Å². The summed E-state index contributed by atoms with van der Waals surface area (Å²) in [7, 11) is -3.04. The van der Waals surface area contributed by atoms with Crippen LogP contribution in [0.25, 0.3) is 0 Å². The Bertz CT molecular complexity index is 269. The number of halogens is 1. The van der Waals surface area contributed by atoms with Crippen LogP contribution in [0.1, 0.15) is 26.7 Å². The molecule has 2 unspecified atom stereocenters. The smallest absolute Gasteiger partial charge is 0.211 e. The molecular weight excluding hydrogens is 236 g/mol. The molecule has 1 aliphatic rings. The van der Waals surface area contributed by atoms with E-state index in [0.29, 0.717) is 12.3 Å². The third kappa shape index (κ3) is 5.15. The zero-order valence-corrected chi connectivity index (χ0v) is 11.0. The van der Waals surface area contributed by atoms with Gasteiger partial charge in [-0.25, -0.2) is 13.1 Å². The van der Waals surface area contributed by atoms with Crippen molar-refractivity contribution in [3.8, 4) is 0 Å². The Labute approximate surface area is 98.7 Å². The maximum atomic E-state index is 11.5. The SMILES string of the molecule is CCCS(=O)(=O)NC1CCNCC1C.Cl. The minimum Gasteiger partial charge on any atom is -0.316 e. The molecule has 0 saturated carbocycles. The lowest BCUT2D eigenvalue weighted by Gasteiger charge is -2.29. The fourth-order valence-corrected chi connectivity index (χ4v) is 3.21. The third-order valence-electron chi connectivity index (χ3n) is 2.59. The van der Waals surface area contributed by atoms with Crippen molar-refractivity contribution in [1.29, 1.82) is 0 Å². The number of hydrogen-bond donors (Lipinski definition) is 2. The van der Waals surface area contributed by atoms with Crippen molar-refractivity contribution in [1.82, 2.24) is 10.0 Å². The predicted molar refractivity (Wildman–Crippen MR) is 64.9 cm³/mol. The summed E-state index contributed by atoms with van der Waals surface area (Å²) in [6.07, 6.45) is 1.57. The number of piperidine rings is 1. The van der Waals surface area contributed by atoms with Crippen molar-refractivity contribution < 1.29 is 8.42 Å². The van der Waals surface area contributed by atoms with E-state index in [1.165, 1.54) is 0 Å². The molecule has 0 aliphatic carbocycles. The van der Waals surface area contributed by atoms with E-state index in [-0.39, 0.29) is 24.2 Å². The van der Waals surface area contributed by atoms with Crippen molar-refractivity contribution in [3.63, 3.8) is 0 Å². The zero-order valence-electron chi connectivity index (χ0n) is 9.32. The van der Waals surface area contributed by atoms with Gasteiger partial charge in [0.25, 0.3) is 0 Å². The van der Waals surface area contributed by atoms with Gasteiger partial charge in [-0.05, 0) is 31.8 Å².